The Hall–Kier alpha value is -3.08. The highest BCUT2D eigenvalue weighted by atomic mass is 28.4. The molecule has 0 radical (unpaired) electrons. The highest BCUT2D eigenvalue weighted by Crippen LogP contribution is 2.48. The molecule has 4 atom stereocenters. The van der Waals surface area contributed by atoms with E-state index in [1.54, 1.807) is 49.3 Å². The summed E-state index contributed by atoms with van der Waals surface area (Å²) in [5.41, 5.74) is 2.45. The van der Waals surface area contributed by atoms with Crippen molar-refractivity contribution in [3.8, 4) is 5.75 Å². The number of rotatable bonds is 10. The number of fused-ring (bicyclic) bond motifs is 1. The first-order valence-electron chi connectivity index (χ1n) is 12.6. The minimum Gasteiger partial charge on any atom is -0.490 e. The maximum absolute atomic E-state index is 15.7. The van der Waals surface area contributed by atoms with E-state index in [1.165, 1.54) is 0 Å². The van der Waals surface area contributed by atoms with E-state index in [0.717, 1.165) is 5.56 Å². The SMILES string of the molecule is CO[C@H]1c2cc(NC(=O)c3ccccc3)ccc2O[C@@H](C(CCn2cc(CCO)nn2)[Si](C)(C)F)[C@@H]1C. The Labute approximate surface area is 218 Å². The molecule has 1 unspecified atom stereocenters. The molecule has 0 saturated heterocycles. The summed E-state index contributed by atoms with van der Waals surface area (Å²) < 4.78 is 29.8. The molecule has 1 amide bonds. The fourth-order valence-electron chi connectivity index (χ4n) is 5.09. The van der Waals surface area contributed by atoms with Crippen LogP contribution in [0, 0.1) is 5.92 Å². The van der Waals surface area contributed by atoms with Crippen molar-refractivity contribution in [2.24, 2.45) is 5.92 Å². The standard InChI is InChI=1S/C27H35FN4O4Si/c1-18-25(35-2)22-16-20(29-27(34)19-8-6-5-7-9-19)10-11-23(22)36-26(18)24(37(3,4)28)12-14-32-17-21(13-15-33)30-31-32/h5-11,16-18,24-26,33H,12-15H2,1-4H3,(H,29,34)/t18-,24?,25-,26-/m1/s1. The van der Waals surface area contributed by atoms with Gasteiger partial charge in [0.05, 0.1) is 11.8 Å². The minimum atomic E-state index is -3.15. The highest BCUT2D eigenvalue weighted by Gasteiger charge is 2.47. The number of anilines is 1. The van der Waals surface area contributed by atoms with Gasteiger partial charge in [0.15, 0.2) is 0 Å². The molecule has 10 heteroatoms. The first-order valence-corrected chi connectivity index (χ1v) is 15.6. The van der Waals surface area contributed by atoms with E-state index in [9.17, 15) is 4.79 Å². The highest BCUT2D eigenvalue weighted by molar-refractivity contribution is 6.72. The van der Waals surface area contributed by atoms with Crippen LogP contribution in [0.1, 0.15) is 41.1 Å². The smallest absolute Gasteiger partial charge is 0.255 e. The van der Waals surface area contributed by atoms with Crippen molar-refractivity contribution in [2.45, 2.75) is 57.2 Å². The average molecular weight is 527 g/mol. The number of nitrogens with one attached hydrogen (secondary N) is 1. The van der Waals surface area contributed by atoms with Gasteiger partial charge in [-0.15, -0.1) is 5.10 Å². The van der Waals surface area contributed by atoms with Crippen LogP contribution in [0.4, 0.5) is 9.80 Å². The Bertz CT molecular complexity index is 1200. The molecule has 0 spiro atoms. The second-order valence-corrected chi connectivity index (χ2v) is 13.9. The van der Waals surface area contributed by atoms with Crippen molar-refractivity contribution in [1.82, 2.24) is 15.0 Å². The molecule has 0 bridgehead atoms. The van der Waals surface area contributed by atoms with Crippen LogP contribution in [0.25, 0.3) is 0 Å². The minimum absolute atomic E-state index is 0.00857. The second-order valence-electron chi connectivity index (χ2n) is 10.1. The van der Waals surface area contributed by atoms with Gasteiger partial charge in [0.1, 0.15) is 11.9 Å². The molecule has 2 heterocycles. The Balaban J connectivity index is 1.54. The summed E-state index contributed by atoms with van der Waals surface area (Å²) in [5, 5.41) is 20.3. The summed E-state index contributed by atoms with van der Waals surface area (Å²) in [6, 6.07) is 14.5. The summed E-state index contributed by atoms with van der Waals surface area (Å²) >= 11 is 0. The van der Waals surface area contributed by atoms with Crippen LogP contribution in [0.15, 0.2) is 54.7 Å². The number of hydrogen-bond acceptors (Lipinski definition) is 6. The molecule has 0 saturated carbocycles. The van der Waals surface area contributed by atoms with Crippen LogP contribution >= 0.6 is 0 Å². The lowest BCUT2D eigenvalue weighted by Crippen LogP contribution is -2.46. The van der Waals surface area contributed by atoms with Gasteiger partial charge in [0.2, 0.25) is 8.41 Å². The number of aliphatic hydroxyl groups is 1. The van der Waals surface area contributed by atoms with Crippen LogP contribution in [-0.4, -0.2) is 54.2 Å². The van der Waals surface area contributed by atoms with Crippen LogP contribution in [0.3, 0.4) is 0 Å². The van der Waals surface area contributed by atoms with E-state index < -0.39 is 8.41 Å². The first kappa shape index (κ1) is 27.0. The van der Waals surface area contributed by atoms with E-state index in [1.807, 2.05) is 37.3 Å². The average Bonchev–Trinajstić information content (AvgIpc) is 3.32. The number of hydrogen-bond donors (Lipinski definition) is 2. The maximum Gasteiger partial charge on any atom is 0.255 e. The van der Waals surface area contributed by atoms with Gasteiger partial charge < -0.3 is 24.0 Å². The van der Waals surface area contributed by atoms with Crippen molar-refractivity contribution < 1.29 is 23.5 Å². The maximum atomic E-state index is 15.7. The largest absolute Gasteiger partial charge is 0.490 e. The van der Waals surface area contributed by atoms with Crippen LogP contribution in [0.2, 0.25) is 18.6 Å². The van der Waals surface area contributed by atoms with Gasteiger partial charge in [-0.1, -0.05) is 30.3 Å². The van der Waals surface area contributed by atoms with E-state index in [4.69, 9.17) is 14.6 Å². The Kier molecular flexibility index (Phi) is 8.41. The van der Waals surface area contributed by atoms with E-state index in [0.29, 0.717) is 42.1 Å². The molecule has 3 aromatic rings. The monoisotopic (exact) mass is 526 g/mol. The number of aromatic nitrogens is 3. The van der Waals surface area contributed by atoms with Crippen LogP contribution < -0.4 is 10.1 Å². The van der Waals surface area contributed by atoms with Gasteiger partial charge in [0.25, 0.3) is 5.91 Å². The molecule has 198 valence electrons. The third-order valence-electron chi connectivity index (χ3n) is 7.02. The number of halogens is 1. The zero-order valence-electron chi connectivity index (χ0n) is 21.7. The van der Waals surface area contributed by atoms with Crippen molar-refractivity contribution >= 4 is 20.0 Å². The number of aliphatic hydroxyl groups excluding tert-OH is 1. The normalized spacial score (nSPS) is 20.1. The van der Waals surface area contributed by atoms with Gasteiger partial charge in [-0.3, -0.25) is 9.48 Å². The molecule has 0 fully saturated rings. The number of carbonyl (C=O) groups is 1. The van der Waals surface area contributed by atoms with Gasteiger partial charge >= 0.3 is 0 Å². The fraction of sp³-hybridized carbons (Fsp3) is 0.444. The molecule has 1 aromatic heterocycles. The molecular weight excluding hydrogens is 491 g/mol. The molecule has 1 aliphatic rings. The lowest BCUT2D eigenvalue weighted by molar-refractivity contribution is -0.0242. The summed E-state index contributed by atoms with van der Waals surface area (Å²) in [5.74, 6) is 0.324. The van der Waals surface area contributed by atoms with E-state index in [2.05, 4.69) is 15.6 Å². The van der Waals surface area contributed by atoms with E-state index >= 15 is 4.11 Å². The number of ether oxygens (including phenoxy) is 2. The number of benzene rings is 2. The van der Waals surface area contributed by atoms with Gasteiger partial charge in [-0.2, -0.15) is 0 Å². The Morgan fingerprint density at radius 2 is 2.03 bits per heavy atom. The molecule has 4 rings (SSSR count). The quantitative estimate of drug-likeness (QED) is 0.291. The van der Waals surface area contributed by atoms with Gasteiger partial charge in [-0.05, 0) is 49.8 Å². The lowest BCUT2D eigenvalue weighted by Gasteiger charge is -2.43. The third-order valence-corrected chi connectivity index (χ3v) is 9.41. The number of carbonyl (C=O) groups excluding carboxylic acids is 1. The number of aryl methyl sites for hydroxylation is 1. The third kappa shape index (κ3) is 6.26. The zero-order valence-corrected chi connectivity index (χ0v) is 22.7. The van der Waals surface area contributed by atoms with Gasteiger partial charge in [-0.25, -0.2) is 0 Å². The molecule has 2 aromatic carbocycles. The van der Waals surface area contributed by atoms with Crippen molar-refractivity contribution in [2.75, 3.05) is 19.0 Å². The summed E-state index contributed by atoms with van der Waals surface area (Å²) in [6.07, 6.45) is 2.08. The number of nitrogens with zero attached hydrogens (tertiary/aromatic N) is 3. The summed E-state index contributed by atoms with van der Waals surface area (Å²) in [6.45, 7) is 5.97. The Morgan fingerprint density at radius 1 is 1.27 bits per heavy atom. The van der Waals surface area contributed by atoms with E-state index in [-0.39, 0.29) is 36.2 Å². The van der Waals surface area contributed by atoms with Crippen LogP contribution in [-0.2, 0) is 17.7 Å². The van der Waals surface area contributed by atoms with Gasteiger partial charge in [0, 0.05) is 61.2 Å². The molecule has 8 nitrogen and oxygen atoms in total. The second kappa shape index (κ2) is 11.5. The fourth-order valence-corrected chi connectivity index (χ4v) is 7.06. The van der Waals surface area contributed by atoms with Crippen molar-refractivity contribution in [3.63, 3.8) is 0 Å². The van der Waals surface area contributed by atoms with Crippen molar-refractivity contribution in [3.05, 3.63) is 71.5 Å². The predicted octanol–water partition coefficient (Wildman–Crippen LogP) is 4.78. The Morgan fingerprint density at radius 3 is 2.70 bits per heavy atom. The number of methoxy groups -OCH3 is 1. The first-order chi connectivity index (χ1) is 17.7. The predicted molar refractivity (Wildman–Crippen MR) is 142 cm³/mol. The molecule has 2 N–H and O–H groups in total. The molecule has 0 aliphatic carbocycles. The zero-order chi connectivity index (χ0) is 26.6. The summed E-state index contributed by atoms with van der Waals surface area (Å²) in [7, 11) is -1.50. The molecule has 37 heavy (non-hydrogen) atoms. The van der Waals surface area contributed by atoms with Crippen LogP contribution in [0.5, 0.6) is 5.75 Å². The topological polar surface area (TPSA) is 98.5 Å². The lowest BCUT2D eigenvalue weighted by atomic mass is 9.86. The summed E-state index contributed by atoms with van der Waals surface area (Å²) in [4.78, 5) is 12.6. The molecule has 1 aliphatic heterocycles. The number of amides is 1. The molecular formula is C27H35FN4O4Si. The van der Waals surface area contributed by atoms with Crippen molar-refractivity contribution in [1.29, 1.82) is 0 Å².